The van der Waals surface area contributed by atoms with Crippen molar-refractivity contribution >= 4 is 23.2 Å². The first-order chi connectivity index (χ1) is 16.4. The average Bonchev–Trinajstić information content (AvgIpc) is 3.38. The Labute approximate surface area is 195 Å². The number of anilines is 1. The van der Waals surface area contributed by atoms with Crippen LogP contribution in [0.3, 0.4) is 0 Å². The minimum absolute atomic E-state index is 0.0911. The second-order valence-corrected chi connectivity index (χ2v) is 7.90. The molecule has 176 valence electrons. The number of nitro groups is 1. The number of ether oxygens (including phenoxy) is 1. The van der Waals surface area contributed by atoms with Gasteiger partial charge in [0.2, 0.25) is 0 Å². The van der Waals surface area contributed by atoms with Gasteiger partial charge >= 0.3 is 0 Å². The Bertz CT molecular complexity index is 1220. The summed E-state index contributed by atoms with van der Waals surface area (Å²) in [5.41, 5.74) is 0.859. The number of carbonyl (C=O) groups is 2. The van der Waals surface area contributed by atoms with Crippen LogP contribution in [-0.4, -0.2) is 76.4 Å². The van der Waals surface area contributed by atoms with Crippen LogP contribution in [-0.2, 0) is 0 Å². The van der Waals surface area contributed by atoms with E-state index >= 15 is 0 Å². The second-order valence-electron chi connectivity index (χ2n) is 7.90. The molecular formula is C23H24N6O5. The van der Waals surface area contributed by atoms with Crippen LogP contribution >= 0.6 is 0 Å². The summed E-state index contributed by atoms with van der Waals surface area (Å²) in [6.07, 6.45) is 4.53. The van der Waals surface area contributed by atoms with Gasteiger partial charge in [-0.3, -0.25) is 19.7 Å². The second kappa shape index (κ2) is 9.71. The summed E-state index contributed by atoms with van der Waals surface area (Å²) in [5.74, 6) is -0.331. The van der Waals surface area contributed by atoms with Gasteiger partial charge in [-0.2, -0.15) is 0 Å². The van der Waals surface area contributed by atoms with E-state index in [4.69, 9.17) is 4.74 Å². The summed E-state index contributed by atoms with van der Waals surface area (Å²) in [7, 11) is 3.47. The first kappa shape index (κ1) is 22.9. The molecule has 4 rings (SSSR count). The van der Waals surface area contributed by atoms with E-state index in [0.29, 0.717) is 30.1 Å². The number of likely N-dealkylation sites (N-methyl/N-ethyl adjacent to an activating group) is 1. The predicted octanol–water partition coefficient (Wildman–Crippen LogP) is 2.43. The number of methoxy groups -OCH3 is 1. The van der Waals surface area contributed by atoms with E-state index in [0.717, 1.165) is 13.1 Å². The third kappa shape index (κ3) is 4.74. The predicted molar refractivity (Wildman–Crippen MR) is 125 cm³/mol. The molecule has 0 bridgehead atoms. The molecule has 1 aliphatic rings. The molecule has 2 heterocycles. The van der Waals surface area contributed by atoms with Crippen LogP contribution in [0.25, 0.3) is 5.69 Å². The normalized spacial score (nSPS) is 14.0. The zero-order chi connectivity index (χ0) is 24.2. The third-order valence-corrected chi connectivity index (χ3v) is 5.70. The summed E-state index contributed by atoms with van der Waals surface area (Å²) in [5, 5.41) is 14.3. The maximum Gasteiger partial charge on any atom is 0.294 e. The first-order valence-corrected chi connectivity index (χ1v) is 10.6. The van der Waals surface area contributed by atoms with Crippen molar-refractivity contribution in [3.8, 4) is 11.4 Å². The van der Waals surface area contributed by atoms with Crippen LogP contribution < -0.4 is 10.1 Å². The van der Waals surface area contributed by atoms with Gasteiger partial charge in [0.25, 0.3) is 17.5 Å². The van der Waals surface area contributed by atoms with Crippen molar-refractivity contribution in [2.24, 2.45) is 0 Å². The minimum Gasteiger partial charge on any atom is -0.495 e. The summed E-state index contributed by atoms with van der Waals surface area (Å²) < 4.78 is 6.84. The lowest BCUT2D eigenvalue weighted by Crippen LogP contribution is -2.47. The number of rotatable bonds is 6. The number of hydrogen-bond donors (Lipinski definition) is 1. The Balaban J connectivity index is 1.59. The Morgan fingerprint density at radius 2 is 1.82 bits per heavy atom. The molecule has 0 radical (unpaired) electrons. The van der Waals surface area contributed by atoms with Gasteiger partial charge in [0.1, 0.15) is 11.4 Å². The SMILES string of the molecule is COc1ccc(C(=O)N2CCN(C)CC2)cc1NC(=O)c1ccc(-n2ccnc2)c([N+](=O)[O-])c1. The lowest BCUT2D eigenvalue weighted by Gasteiger charge is -2.32. The third-order valence-electron chi connectivity index (χ3n) is 5.70. The van der Waals surface area contributed by atoms with Crippen molar-refractivity contribution in [3.05, 3.63) is 76.4 Å². The number of benzene rings is 2. The highest BCUT2D eigenvalue weighted by atomic mass is 16.6. The van der Waals surface area contributed by atoms with E-state index in [1.165, 1.54) is 42.4 Å². The Hall–Kier alpha value is -4.25. The summed E-state index contributed by atoms with van der Waals surface area (Å²) in [6.45, 7) is 2.82. The number of carbonyl (C=O) groups excluding carboxylic acids is 2. The molecule has 1 fully saturated rings. The van der Waals surface area contributed by atoms with Gasteiger partial charge in [-0.1, -0.05) is 0 Å². The highest BCUT2D eigenvalue weighted by Gasteiger charge is 2.23. The van der Waals surface area contributed by atoms with Crippen molar-refractivity contribution in [1.82, 2.24) is 19.4 Å². The zero-order valence-corrected chi connectivity index (χ0v) is 18.8. The number of piperazine rings is 1. The number of nitrogens with zero attached hydrogens (tertiary/aromatic N) is 5. The van der Waals surface area contributed by atoms with Crippen molar-refractivity contribution in [2.75, 3.05) is 45.7 Å². The molecule has 2 amide bonds. The molecule has 2 aromatic carbocycles. The monoisotopic (exact) mass is 464 g/mol. The molecule has 0 atom stereocenters. The number of aromatic nitrogens is 2. The molecule has 1 saturated heterocycles. The van der Waals surface area contributed by atoms with Gasteiger partial charge in [0.05, 0.1) is 24.0 Å². The maximum atomic E-state index is 13.0. The molecule has 0 spiro atoms. The van der Waals surface area contributed by atoms with Gasteiger partial charge in [-0.15, -0.1) is 0 Å². The Morgan fingerprint density at radius 3 is 2.47 bits per heavy atom. The topological polar surface area (TPSA) is 123 Å². The molecule has 0 aliphatic carbocycles. The van der Waals surface area contributed by atoms with Gasteiger partial charge in [-0.05, 0) is 37.4 Å². The fourth-order valence-corrected chi connectivity index (χ4v) is 3.76. The number of imidazole rings is 1. The van der Waals surface area contributed by atoms with E-state index < -0.39 is 10.8 Å². The molecular weight excluding hydrogens is 440 g/mol. The van der Waals surface area contributed by atoms with E-state index in [2.05, 4.69) is 15.2 Å². The van der Waals surface area contributed by atoms with Gasteiger partial charge < -0.3 is 24.4 Å². The Kier molecular flexibility index (Phi) is 6.55. The van der Waals surface area contributed by atoms with Gasteiger partial charge in [0, 0.05) is 55.8 Å². The molecule has 11 nitrogen and oxygen atoms in total. The van der Waals surface area contributed by atoms with Crippen molar-refractivity contribution in [2.45, 2.75) is 0 Å². The zero-order valence-electron chi connectivity index (χ0n) is 18.8. The van der Waals surface area contributed by atoms with E-state index in [-0.39, 0.29) is 22.8 Å². The smallest absolute Gasteiger partial charge is 0.294 e. The fourth-order valence-electron chi connectivity index (χ4n) is 3.76. The van der Waals surface area contributed by atoms with E-state index in [1.54, 1.807) is 29.3 Å². The highest BCUT2D eigenvalue weighted by Crippen LogP contribution is 2.29. The lowest BCUT2D eigenvalue weighted by atomic mass is 10.1. The van der Waals surface area contributed by atoms with E-state index in [1.807, 2.05) is 7.05 Å². The number of amides is 2. The maximum absolute atomic E-state index is 13.0. The first-order valence-electron chi connectivity index (χ1n) is 10.6. The van der Waals surface area contributed by atoms with Crippen LogP contribution in [0.2, 0.25) is 0 Å². The van der Waals surface area contributed by atoms with Crippen LogP contribution in [0.4, 0.5) is 11.4 Å². The molecule has 0 unspecified atom stereocenters. The molecule has 1 aromatic heterocycles. The van der Waals surface area contributed by atoms with Crippen LogP contribution in [0, 0.1) is 10.1 Å². The Morgan fingerprint density at radius 1 is 1.09 bits per heavy atom. The van der Waals surface area contributed by atoms with Crippen molar-refractivity contribution in [1.29, 1.82) is 0 Å². The van der Waals surface area contributed by atoms with Gasteiger partial charge in [0.15, 0.2) is 0 Å². The largest absolute Gasteiger partial charge is 0.495 e. The molecule has 1 N–H and O–H groups in total. The standard InChI is InChI=1S/C23H24N6O5/c1-26-9-11-27(12-10-26)23(31)17-4-6-21(34-2)18(13-17)25-22(30)16-3-5-19(20(14-16)29(32)33)28-8-7-24-15-28/h3-8,13-15H,9-12H2,1-2H3,(H,25,30). The minimum atomic E-state index is -0.567. The molecule has 34 heavy (non-hydrogen) atoms. The number of nitro benzene ring substituents is 1. The molecule has 1 aliphatic heterocycles. The van der Waals surface area contributed by atoms with Crippen LogP contribution in [0.5, 0.6) is 5.75 Å². The van der Waals surface area contributed by atoms with Crippen molar-refractivity contribution in [3.63, 3.8) is 0 Å². The van der Waals surface area contributed by atoms with Crippen LogP contribution in [0.15, 0.2) is 55.1 Å². The highest BCUT2D eigenvalue weighted by molar-refractivity contribution is 6.06. The molecule has 0 saturated carbocycles. The van der Waals surface area contributed by atoms with Crippen molar-refractivity contribution < 1.29 is 19.2 Å². The average molecular weight is 464 g/mol. The number of nitrogens with one attached hydrogen (secondary N) is 1. The van der Waals surface area contributed by atoms with Crippen LogP contribution in [0.1, 0.15) is 20.7 Å². The quantitative estimate of drug-likeness (QED) is 0.439. The summed E-state index contributed by atoms with van der Waals surface area (Å²) in [6, 6.07) is 9.01. The molecule has 11 heteroatoms. The fraction of sp³-hybridized carbons (Fsp3) is 0.261. The van der Waals surface area contributed by atoms with Gasteiger partial charge in [-0.25, -0.2) is 4.98 Å². The number of hydrogen-bond acceptors (Lipinski definition) is 7. The lowest BCUT2D eigenvalue weighted by molar-refractivity contribution is -0.384. The van der Waals surface area contributed by atoms with E-state index in [9.17, 15) is 19.7 Å². The summed E-state index contributed by atoms with van der Waals surface area (Å²) in [4.78, 5) is 44.8. The molecule has 3 aromatic rings. The summed E-state index contributed by atoms with van der Waals surface area (Å²) >= 11 is 0.